The molecule has 0 saturated carbocycles. The fourth-order valence-corrected chi connectivity index (χ4v) is 4.30. The molecule has 126 valence electrons. The lowest BCUT2D eigenvalue weighted by Gasteiger charge is -2.16. The number of hydrogen-bond donors (Lipinski definition) is 1. The molecule has 24 heavy (non-hydrogen) atoms. The molecule has 0 bridgehead atoms. The van der Waals surface area contributed by atoms with Gasteiger partial charge in [0.25, 0.3) is 0 Å². The third kappa shape index (κ3) is 4.58. The average molecular weight is 359 g/mol. The van der Waals surface area contributed by atoms with Gasteiger partial charge in [-0.2, -0.15) is 0 Å². The first kappa shape index (κ1) is 17.4. The number of nitrogens with one attached hydrogen (secondary N) is 1. The van der Waals surface area contributed by atoms with Gasteiger partial charge in [0, 0.05) is 28.1 Å². The van der Waals surface area contributed by atoms with Crippen molar-refractivity contribution >= 4 is 33.0 Å². The molecule has 0 aliphatic heterocycles. The first-order valence-corrected chi connectivity index (χ1v) is 9.52. The number of benzene rings is 2. The van der Waals surface area contributed by atoms with Gasteiger partial charge in [0.15, 0.2) is 0 Å². The lowest BCUT2D eigenvalue weighted by molar-refractivity contribution is 0.319. The van der Waals surface area contributed by atoms with E-state index >= 15 is 0 Å². The fraction of sp³-hybridized carbons (Fsp3) is 0.300. The van der Waals surface area contributed by atoms with Crippen molar-refractivity contribution in [2.24, 2.45) is 0 Å². The molecule has 1 aromatic heterocycles. The summed E-state index contributed by atoms with van der Waals surface area (Å²) in [4.78, 5) is 3.60. The van der Waals surface area contributed by atoms with Gasteiger partial charge in [0.1, 0.15) is 0 Å². The van der Waals surface area contributed by atoms with Crippen molar-refractivity contribution in [3.05, 3.63) is 70.1 Å². The number of hydrogen-bond acceptors (Lipinski definition) is 3. The van der Waals surface area contributed by atoms with Gasteiger partial charge in [0.05, 0.1) is 5.02 Å². The molecule has 0 radical (unpaired) electrons. The van der Waals surface area contributed by atoms with Gasteiger partial charge in [-0.15, -0.1) is 11.3 Å². The van der Waals surface area contributed by atoms with Crippen molar-refractivity contribution < 1.29 is 0 Å². The molecule has 0 atom stereocenters. The highest BCUT2D eigenvalue weighted by Gasteiger charge is 2.09. The van der Waals surface area contributed by atoms with E-state index in [1.54, 1.807) is 11.3 Å². The summed E-state index contributed by atoms with van der Waals surface area (Å²) in [6, 6.07) is 18.9. The standard InChI is InChI=1S/C20H23ClN2S/c1-23(15-16-8-3-2-4-9-16)13-7-12-22-14-19-20(21)17-10-5-6-11-18(17)24-19/h2-6,8-11,22H,7,12-15H2,1H3. The van der Waals surface area contributed by atoms with Crippen LogP contribution in [-0.2, 0) is 13.1 Å². The van der Waals surface area contributed by atoms with E-state index in [1.807, 2.05) is 6.07 Å². The summed E-state index contributed by atoms with van der Waals surface area (Å²) in [6.45, 7) is 3.94. The number of thiophene rings is 1. The normalized spacial score (nSPS) is 11.5. The molecule has 3 rings (SSSR count). The predicted octanol–water partition coefficient (Wildman–Crippen LogP) is 5.17. The summed E-state index contributed by atoms with van der Waals surface area (Å²) in [7, 11) is 2.18. The van der Waals surface area contributed by atoms with Crippen LogP contribution in [0.1, 0.15) is 16.9 Å². The summed E-state index contributed by atoms with van der Waals surface area (Å²) in [5.41, 5.74) is 1.37. The Labute approximate surface area is 153 Å². The van der Waals surface area contributed by atoms with E-state index in [4.69, 9.17) is 11.6 Å². The summed E-state index contributed by atoms with van der Waals surface area (Å²) < 4.78 is 1.27. The van der Waals surface area contributed by atoms with Crippen molar-refractivity contribution in [3.8, 4) is 0 Å². The highest BCUT2D eigenvalue weighted by Crippen LogP contribution is 2.34. The predicted molar refractivity (Wildman–Crippen MR) is 106 cm³/mol. The monoisotopic (exact) mass is 358 g/mol. The van der Waals surface area contributed by atoms with Crippen LogP contribution in [0.25, 0.3) is 10.1 Å². The Morgan fingerprint density at radius 2 is 1.79 bits per heavy atom. The van der Waals surface area contributed by atoms with Crippen LogP contribution in [0.5, 0.6) is 0 Å². The largest absolute Gasteiger partial charge is 0.312 e. The van der Waals surface area contributed by atoms with Crippen LogP contribution in [-0.4, -0.2) is 25.0 Å². The molecular weight excluding hydrogens is 336 g/mol. The summed E-state index contributed by atoms with van der Waals surface area (Å²) in [5.74, 6) is 0. The molecule has 0 aliphatic rings. The zero-order valence-corrected chi connectivity index (χ0v) is 15.5. The highest BCUT2D eigenvalue weighted by atomic mass is 35.5. The molecular formula is C20H23ClN2S. The first-order chi connectivity index (χ1) is 11.7. The summed E-state index contributed by atoms with van der Waals surface area (Å²) in [6.07, 6.45) is 1.13. The van der Waals surface area contributed by atoms with Crippen molar-refractivity contribution in [1.82, 2.24) is 10.2 Å². The van der Waals surface area contributed by atoms with Crippen molar-refractivity contribution in [1.29, 1.82) is 0 Å². The number of halogens is 1. The van der Waals surface area contributed by atoms with Gasteiger partial charge in [-0.3, -0.25) is 0 Å². The topological polar surface area (TPSA) is 15.3 Å². The Kier molecular flexibility index (Phi) is 6.27. The zero-order valence-electron chi connectivity index (χ0n) is 14.0. The molecule has 1 N–H and O–H groups in total. The van der Waals surface area contributed by atoms with Gasteiger partial charge in [-0.05, 0) is 38.2 Å². The third-order valence-corrected chi connectivity index (χ3v) is 5.79. The smallest absolute Gasteiger partial charge is 0.0636 e. The average Bonchev–Trinajstić information content (AvgIpc) is 2.92. The second-order valence-electron chi connectivity index (χ2n) is 6.09. The van der Waals surface area contributed by atoms with Gasteiger partial charge in [-0.25, -0.2) is 0 Å². The Morgan fingerprint density at radius 1 is 1.04 bits per heavy atom. The van der Waals surface area contributed by atoms with Crippen LogP contribution in [0, 0.1) is 0 Å². The maximum atomic E-state index is 6.47. The van der Waals surface area contributed by atoms with Crippen LogP contribution in [0.4, 0.5) is 0 Å². The summed E-state index contributed by atoms with van der Waals surface area (Å²) >= 11 is 8.26. The molecule has 0 saturated heterocycles. The maximum absolute atomic E-state index is 6.47. The van der Waals surface area contributed by atoms with Crippen LogP contribution < -0.4 is 5.32 Å². The zero-order chi connectivity index (χ0) is 16.8. The molecule has 0 fully saturated rings. The van der Waals surface area contributed by atoms with E-state index in [9.17, 15) is 0 Å². The number of fused-ring (bicyclic) bond motifs is 1. The second kappa shape index (κ2) is 8.63. The van der Waals surface area contributed by atoms with Crippen molar-refractivity contribution in [2.45, 2.75) is 19.5 Å². The number of rotatable bonds is 8. The van der Waals surface area contributed by atoms with Crippen LogP contribution in [0.2, 0.25) is 5.02 Å². The minimum Gasteiger partial charge on any atom is -0.312 e. The van der Waals surface area contributed by atoms with E-state index in [0.29, 0.717) is 0 Å². The van der Waals surface area contributed by atoms with E-state index < -0.39 is 0 Å². The Bertz CT molecular complexity index is 770. The Balaban J connectivity index is 1.39. The Hall–Kier alpha value is -1.39. The molecule has 0 spiro atoms. The molecule has 4 heteroatoms. The third-order valence-electron chi connectivity index (χ3n) is 4.08. The number of nitrogens with zero attached hydrogens (tertiary/aromatic N) is 1. The maximum Gasteiger partial charge on any atom is 0.0636 e. The fourth-order valence-electron chi connectivity index (χ4n) is 2.83. The Morgan fingerprint density at radius 3 is 2.58 bits per heavy atom. The van der Waals surface area contributed by atoms with Crippen LogP contribution >= 0.6 is 22.9 Å². The van der Waals surface area contributed by atoms with Crippen molar-refractivity contribution in [2.75, 3.05) is 20.1 Å². The molecule has 2 nitrogen and oxygen atoms in total. The van der Waals surface area contributed by atoms with E-state index in [1.165, 1.54) is 20.5 Å². The van der Waals surface area contributed by atoms with E-state index in [0.717, 1.165) is 37.6 Å². The molecule has 2 aromatic carbocycles. The molecule has 0 amide bonds. The summed E-state index contributed by atoms with van der Waals surface area (Å²) in [5, 5.41) is 5.60. The second-order valence-corrected chi connectivity index (χ2v) is 7.60. The lowest BCUT2D eigenvalue weighted by atomic mass is 10.2. The van der Waals surface area contributed by atoms with E-state index in [2.05, 4.69) is 65.8 Å². The molecule has 1 heterocycles. The lowest BCUT2D eigenvalue weighted by Crippen LogP contribution is -2.23. The minimum absolute atomic E-state index is 0.848. The first-order valence-electron chi connectivity index (χ1n) is 8.33. The van der Waals surface area contributed by atoms with Crippen LogP contribution in [0.15, 0.2) is 54.6 Å². The van der Waals surface area contributed by atoms with Crippen molar-refractivity contribution in [3.63, 3.8) is 0 Å². The van der Waals surface area contributed by atoms with Gasteiger partial charge in [-0.1, -0.05) is 60.1 Å². The minimum atomic E-state index is 0.848. The molecule has 0 aliphatic carbocycles. The SMILES string of the molecule is CN(CCCNCc1sc2ccccc2c1Cl)Cc1ccccc1. The molecule has 0 unspecified atom stereocenters. The quantitative estimate of drug-likeness (QED) is 0.559. The molecule has 3 aromatic rings. The highest BCUT2D eigenvalue weighted by molar-refractivity contribution is 7.19. The van der Waals surface area contributed by atoms with Gasteiger partial charge in [0.2, 0.25) is 0 Å². The van der Waals surface area contributed by atoms with Gasteiger partial charge >= 0.3 is 0 Å². The van der Waals surface area contributed by atoms with Gasteiger partial charge < -0.3 is 10.2 Å². The van der Waals surface area contributed by atoms with E-state index in [-0.39, 0.29) is 0 Å². The van der Waals surface area contributed by atoms with Crippen LogP contribution in [0.3, 0.4) is 0 Å².